The monoisotopic (exact) mass is 565 g/mol. The fourth-order valence-electron chi connectivity index (χ4n) is 3.31. The zero-order chi connectivity index (χ0) is 19.8. The Labute approximate surface area is 192 Å². The highest BCUT2D eigenvalue weighted by molar-refractivity contribution is 14.0. The molecule has 1 atom stereocenters. The lowest BCUT2D eigenvalue weighted by molar-refractivity contribution is -0.119. The molecule has 1 aromatic rings. The number of guanidine groups is 1. The lowest BCUT2D eigenvalue weighted by Gasteiger charge is -2.34. The molecule has 2 amide bonds. The maximum absolute atomic E-state index is 12.2. The highest BCUT2D eigenvalue weighted by Gasteiger charge is 2.23. The van der Waals surface area contributed by atoms with Gasteiger partial charge in [0.05, 0.1) is 0 Å². The van der Waals surface area contributed by atoms with Crippen LogP contribution in [0.4, 0.5) is 5.69 Å². The van der Waals surface area contributed by atoms with E-state index in [4.69, 9.17) is 5.73 Å². The third kappa shape index (κ3) is 7.94. The third-order valence-electron chi connectivity index (χ3n) is 4.62. The molecule has 1 aliphatic heterocycles. The molecule has 1 aromatic carbocycles. The van der Waals surface area contributed by atoms with Gasteiger partial charge in [0.1, 0.15) is 0 Å². The second kappa shape index (κ2) is 12.3. The number of anilines is 1. The molecule has 1 heterocycles. The number of nitrogens with two attached hydrogens (primary N) is 1. The van der Waals surface area contributed by atoms with Crippen molar-refractivity contribution in [2.24, 2.45) is 16.6 Å². The number of rotatable bonds is 6. The predicted octanol–water partition coefficient (Wildman–Crippen LogP) is 2.87. The molecule has 156 valence electrons. The van der Waals surface area contributed by atoms with Crippen LogP contribution in [0.3, 0.4) is 0 Å². The Hall–Kier alpha value is -1.36. The minimum absolute atomic E-state index is 0. The molecule has 1 fully saturated rings. The van der Waals surface area contributed by atoms with Crippen molar-refractivity contribution >= 4 is 63.4 Å². The highest BCUT2D eigenvalue weighted by Crippen LogP contribution is 2.20. The summed E-state index contributed by atoms with van der Waals surface area (Å²) in [5, 5.41) is 6.18. The molecule has 0 aromatic heterocycles. The Morgan fingerprint density at radius 1 is 1.39 bits per heavy atom. The van der Waals surface area contributed by atoms with E-state index in [0.29, 0.717) is 19.4 Å². The van der Waals surface area contributed by atoms with Crippen molar-refractivity contribution in [1.29, 1.82) is 0 Å². The fraction of sp³-hybridized carbons (Fsp3) is 0.526. The summed E-state index contributed by atoms with van der Waals surface area (Å²) in [4.78, 5) is 29.8. The van der Waals surface area contributed by atoms with Gasteiger partial charge in [-0.15, -0.1) is 24.0 Å². The quantitative estimate of drug-likeness (QED) is 0.280. The molecule has 28 heavy (non-hydrogen) atoms. The number of aryl methyl sites for hydroxylation is 1. The molecule has 0 radical (unpaired) electrons. The van der Waals surface area contributed by atoms with Gasteiger partial charge in [0.2, 0.25) is 11.8 Å². The molecule has 1 aliphatic rings. The molecular formula is C19H29BrIN5O2. The number of benzene rings is 1. The summed E-state index contributed by atoms with van der Waals surface area (Å²) < 4.78 is 0.986. The van der Waals surface area contributed by atoms with Crippen molar-refractivity contribution in [3.05, 3.63) is 28.2 Å². The first-order valence-corrected chi connectivity index (χ1v) is 9.98. The van der Waals surface area contributed by atoms with E-state index in [9.17, 15) is 9.59 Å². The van der Waals surface area contributed by atoms with Crippen LogP contribution in [0, 0.1) is 12.8 Å². The van der Waals surface area contributed by atoms with E-state index >= 15 is 0 Å². The molecule has 7 nitrogen and oxygen atoms in total. The summed E-state index contributed by atoms with van der Waals surface area (Å²) in [5.41, 5.74) is 7.15. The Balaban J connectivity index is 0.00000392. The maximum Gasteiger partial charge on any atom is 0.226 e. The summed E-state index contributed by atoms with van der Waals surface area (Å²) in [6, 6.07) is 5.76. The molecule has 1 unspecified atom stereocenters. The minimum Gasteiger partial charge on any atom is -0.370 e. The lowest BCUT2D eigenvalue weighted by Crippen LogP contribution is -2.47. The molecule has 4 N–H and O–H groups in total. The van der Waals surface area contributed by atoms with Gasteiger partial charge in [-0.1, -0.05) is 15.9 Å². The van der Waals surface area contributed by atoms with E-state index < -0.39 is 0 Å². The van der Waals surface area contributed by atoms with E-state index in [-0.39, 0.29) is 41.7 Å². The first-order valence-electron chi connectivity index (χ1n) is 9.19. The van der Waals surface area contributed by atoms with Crippen LogP contribution < -0.4 is 16.4 Å². The Morgan fingerprint density at radius 2 is 2.14 bits per heavy atom. The standard InChI is InChI=1S/C19H28BrN5O2.HI/c1-13-10-15(20)5-6-16(13)24-18(27)7-8-23-19(22-2)25-9-3-4-14(12-25)11-17(21)26;/h5-6,10,14H,3-4,7-9,11-12H2,1-2H3,(H2,21,26)(H,22,23)(H,24,27);1H. The van der Waals surface area contributed by atoms with Crippen LogP contribution in [0.25, 0.3) is 0 Å². The van der Waals surface area contributed by atoms with Gasteiger partial charge >= 0.3 is 0 Å². The number of aliphatic imine (C=N–C) groups is 1. The van der Waals surface area contributed by atoms with Crippen molar-refractivity contribution in [2.75, 3.05) is 32.0 Å². The summed E-state index contributed by atoms with van der Waals surface area (Å²) >= 11 is 3.42. The van der Waals surface area contributed by atoms with Crippen LogP contribution in [0.5, 0.6) is 0 Å². The Bertz CT molecular complexity index is 714. The van der Waals surface area contributed by atoms with Crippen molar-refractivity contribution in [2.45, 2.75) is 32.6 Å². The summed E-state index contributed by atoms with van der Waals surface area (Å²) in [5.74, 6) is 0.716. The number of carbonyl (C=O) groups excluding carboxylic acids is 2. The van der Waals surface area contributed by atoms with Crippen molar-refractivity contribution in [3.8, 4) is 0 Å². The molecule has 0 spiro atoms. The Kier molecular flexibility index (Phi) is 10.8. The molecule has 0 bridgehead atoms. The van der Waals surface area contributed by atoms with Gasteiger partial charge < -0.3 is 21.3 Å². The highest BCUT2D eigenvalue weighted by atomic mass is 127. The summed E-state index contributed by atoms with van der Waals surface area (Å²) in [6.45, 7) is 4.09. The summed E-state index contributed by atoms with van der Waals surface area (Å²) in [6.07, 6.45) is 2.75. The first kappa shape index (κ1) is 24.7. The van der Waals surface area contributed by atoms with Crippen LogP contribution in [-0.4, -0.2) is 49.4 Å². The number of hydrogen-bond donors (Lipinski definition) is 3. The molecule has 9 heteroatoms. The van der Waals surface area contributed by atoms with Crippen LogP contribution in [0.15, 0.2) is 27.7 Å². The topological polar surface area (TPSA) is 99.8 Å². The second-order valence-electron chi connectivity index (χ2n) is 6.86. The van der Waals surface area contributed by atoms with Gasteiger partial charge in [0, 0.05) is 49.7 Å². The molecular weight excluding hydrogens is 537 g/mol. The number of nitrogens with zero attached hydrogens (tertiary/aromatic N) is 2. The maximum atomic E-state index is 12.2. The number of carbonyl (C=O) groups is 2. The average molecular weight is 566 g/mol. The number of primary amides is 1. The SMILES string of the molecule is CN=C(NCCC(=O)Nc1ccc(Br)cc1C)N1CCCC(CC(N)=O)C1.I. The number of nitrogens with one attached hydrogen (secondary N) is 2. The van der Waals surface area contributed by atoms with E-state index in [1.54, 1.807) is 7.05 Å². The van der Waals surface area contributed by atoms with Crippen LogP contribution in [0.1, 0.15) is 31.2 Å². The van der Waals surface area contributed by atoms with Crippen molar-refractivity contribution in [1.82, 2.24) is 10.2 Å². The number of amides is 2. The smallest absolute Gasteiger partial charge is 0.226 e. The lowest BCUT2D eigenvalue weighted by atomic mass is 9.95. The van der Waals surface area contributed by atoms with Crippen LogP contribution in [0.2, 0.25) is 0 Å². The van der Waals surface area contributed by atoms with Crippen LogP contribution in [-0.2, 0) is 9.59 Å². The Morgan fingerprint density at radius 3 is 2.79 bits per heavy atom. The number of likely N-dealkylation sites (tertiary alicyclic amines) is 1. The van der Waals surface area contributed by atoms with E-state index in [1.165, 1.54) is 0 Å². The predicted molar refractivity (Wildman–Crippen MR) is 127 cm³/mol. The van der Waals surface area contributed by atoms with Gasteiger partial charge in [-0.3, -0.25) is 14.6 Å². The molecule has 1 saturated heterocycles. The van der Waals surface area contributed by atoms with E-state index in [2.05, 4.69) is 36.5 Å². The minimum atomic E-state index is -0.260. The van der Waals surface area contributed by atoms with Gasteiger partial charge in [-0.05, 0) is 49.4 Å². The number of piperidine rings is 1. The molecule has 2 rings (SSSR count). The molecule has 0 saturated carbocycles. The van der Waals surface area contributed by atoms with Gasteiger partial charge in [0.25, 0.3) is 0 Å². The zero-order valence-electron chi connectivity index (χ0n) is 16.3. The van der Waals surface area contributed by atoms with Crippen molar-refractivity contribution < 1.29 is 9.59 Å². The van der Waals surface area contributed by atoms with Gasteiger partial charge in [-0.25, -0.2) is 0 Å². The summed E-state index contributed by atoms with van der Waals surface area (Å²) in [7, 11) is 1.73. The molecule has 0 aliphatic carbocycles. The van der Waals surface area contributed by atoms with Gasteiger partial charge in [-0.2, -0.15) is 0 Å². The second-order valence-corrected chi connectivity index (χ2v) is 7.77. The van der Waals surface area contributed by atoms with E-state index in [0.717, 1.165) is 47.6 Å². The third-order valence-corrected chi connectivity index (χ3v) is 5.11. The van der Waals surface area contributed by atoms with E-state index in [1.807, 2.05) is 25.1 Å². The van der Waals surface area contributed by atoms with Crippen LogP contribution >= 0.6 is 39.9 Å². The largest absolute Gasteiger partial charge is 0.370 e. The number of hydrogen-bond acceptors (Lipinski definition) is 3. The first-order chi connectivity index (χ1) is 12.9. The van der Waals surface area contributed by atoms with Crippen molar-refractivity contribution in [3.63, 3.8) is 0 Å². The van der Waals surface area contributed by atoms with Gasteiger partial charge in [0.15, 0.2) is 5.96 Å². The normalized spacial score (nSPS) is 16.9. The average Bonchev–Trinajstić information content (AvgIpc) is 2.61. The number of halogens is 2. The fourth-order valence-corrected chi connectivity index (χ4v) is 3.78. The zero-order valence-corrected chi connectivity index (χ0v) is 20.2.